The number of benzene rings is 9. The molecule has 0 unspecified atom stereocenters. The van der Waals surface area contributed by atoms with Gasteiger partial charge in [0.2, 0.25) is 0 Å². The highest BCUT2D eigenvalue weighted by Crippen LogP contribution is 2.44. The van der Waals surface area contributed by atoms with Gasteiger partial charge in [-0.05, 0) is 73.8 Å². The molecular weight excluding hydrogens is 759 g/mol. The Balaban J connectivity index is 1.03. The summed E-state index contributed by atoms with van der Waals surface area (Å²) in [5.74, 6) is 1.91. The molecule has 11 aromatic rings. The number of thiophene rings is 1. The van der Waals surface area contributed by atoms with Gasteiger partial charge in [-0.15, -0.1) is 11.3 Å². The molecule has 61 heavy (non-hydrogen) atoms. The van der Waals surface area contributed by atoms with Crippen LogP contribution in [0.25, 0.3) is 110 Å². The SMILES string of the molecule is c1ccc(-c2ccc(-c3nc(-c4ccc(-c5cccc(-c6ccccc6)c5)cc4)nc(-c4cccc5sc6c(-c7cccc(-c8ccccc8)c7)cccc6c45)n3)cc2)cc1. The molecule has 9 aromatic carbocycles. The Morgan fingerprint density at radius 1 is 0.262 bits per heavy atom. The van der Waals surface area contributed by atoms with Crippen LogP contribution in [0.1, 0.15) is 0 Å². The van der Waals surface area contributed by atoms with E-state index in [1.165, 1.54) is 53.7 Å². The van der Waals surface area contributed by atoms with Gasteiger partial charge >= 0.3 is 0 Å². The van der Waals surface area contributed by atoms with Crippen LogP contribution >= 0.6 is 11.3 Å². The summed E-state index contributed by atoms with van der Waals surface area (Å²) in [5.41, 5.74) is 14.7. The van der Waals surface area contributed by atoms with E-state index in [9.17, 15) is 0 Å². The van der Waals surface area contributed by atoms with Crippen molar-refractivity contribution < 1.29 is 0 Å². The average Bonchev–Trinajstić information content (AvgIpc) is 3.74. The fourth-order valence-electron chi connectivity index (χ4n) is 8.28. The lowest BCUT2D eigenvalue weighted by molar-refractivity contribution is 1.08. The Morgan fingerprint density at radius 2 is 0.639 bits per heavy atom. The zero-order valence-corrected chi connectivity index (χ0v) is 33.9. The lowest BCUT2D eigenvalue weighted by atomic mass is 9.97. The molecule has 3 nitrogen and oxygen atoms in total. The quantitative estimate of drug-likeness (QED) is 0.154. The van der Waals surface area contributed by atoms with Crippen molar-refractivity contribution in [3.05, 3.63) is 224 Å². The molecule has 0 radical (unpaired) electrons. The molecular formula is C57H37N3S. The lowest BCUT2D eigenvalue weighted by Crippen LogP contribution is -2.00. The van der Waals surface area contributed by atoms with Crippen LogP contribution in [-0.2, 0) is 0 Å². The molecule has 0 aliphatic carbocycles. The summed E-state index contributed by atoms with van der Waals surface area (Å²) in [4.78, 5) is 15.7. The van der Waals surface area contributed by atoms with Crippen LogP contribution in [0.15, 0.2) is 224 Å². The minimum Gasteiger partial charge on any atom is -0.208 e. The highest BCUT2D eigenvalue weighted by molar-refractivity contribution is 7.26. The average molecular weight is 796 g/mol. The van der Waals surface area contributed by atoms with Crippen molar-refractivity contribution >= 4 is 31.5 Å². The summed E-state index contributed by atoms with van der Waals surface area (Å²) in [6.07, 6.45) is 0. The second-order valence-corrected chi connectivity index (χ2v) is 16.2. The second kappa shape index (κ2) is 15.8. The number of hydrogen-bond acceptors (Lipinski definition) is 4. The van der Waals surface area contributed by atoms with E-state index in [1.807, 2.05) is 17.4 Å². The molecule has 0 amide bonds. The van der Waals surface area contributed by atoms with Crippen molar-refractivity contribution in [3.8, 4) is 89.8 Å². The normalized spacial score (nSPS) is 11.3. The highest BCUT2D eigenvalue weighted by Gasteiger charge is 2.19. The molecule has 0 fully saturated rings. The molecule has 2 heterocycles. The minimum atomic E-state index is 0.631. The van der Waals surface area contributed by atoms with E-state index < -0.39 is 0 Å². The summed E-state index contributed by atoms with van der Waals surface area (Å²) in [7, 11) is 0. The first-order valence-electron chi connectivity index (χ1n) is 20.5. The third-order valence-electron chi connectivity index (χ3n) is 11.4. The van der Waals surface area contributed by atoms with Crippen molar-refractivity contribution in [1.82, 2.24) is 15.0 Å². The van der Waals surface area contributed by atoms with Crippen LogP contribution in [0, 0.1) is 0 Å². The largest absolute Gasteiger partial charge is 0.208 e. The molecule has 0 saturated carbocycles. The number of nitrogens with zero attached hydrogens (tertiary/aromatic N) is 3. The number of fused-ring (bicyclic) bond motifs is 3. The fraction of sp³-hybridized carbons (Fsp3) is 0. The van der Waals surface area contributed by atoms with Crippen LogP contribution in [-0.4, -0.2) is 15.0 Å². The molecule has 286 valence electrons. The maximum atomic E-state index is 5.27. The molecule has 0 saturated heterocycles. The molecule has 4 heteroatoms. The van der Waals surface area contributed by atoms with E-state index in [2.05, 4.69) is 218 Å². The maximum absolute atomic E-state index is 5.27. The molecule has 11 rings (SSSR count). The van der Waals surface area contributed by atoms with Gasteiger partial charge in [0.15, 0.2) is 17.5 Å². The third-order valence-corrected chi connectivity index (χ3v) is 12.6. The van der Waals surface area contributed by atoms with Gasteiger partial charge in [-0.2, -0.15) is 0 Å². The second-order valence-electron chi connectivity index (χ2n) is 15.2. The standard InChI is InChI=1S/C57H37N3S/c1-4-14-38(15-5-1)41-28-32-43(33-29-41)55-58-56(44-34-30-42(31-35-44)46-21-10-20-45(36-46)39-16-6-2-7-17-39)60-57(59-55)51-26-13-27-52-53(51)50-25-12-24-49(54(50)61-52)48-23-11-22-47(37-48)40-18-8-3-9-19-40/h1-37H. The molecule has 0 aliphatic rings. The van der Waals surface area contributed by atoms with Crippen LogP contribution in [0.3, 0.4) is 0 Å². The third kappa shape index (κ3) is 7.09. The summed E-state index contributed by atoms with van der Waals surface area (Å²) in [5, 5.41) is 2.34. The zero-order valence-electron chi connectivity index (χ0n) is 33.1. The first-order chi connectivity index (χ1) is 30.2. The van der Waals surface area contributed by atoms with Crippen molar-refractivity contribution in [2.75, 3.05) is 0 Å². The topological polar surface area (TPSA) is 38.7 Å². The van der Waals surface area contributed by atoms with Gasteiger partial charge in [-0.1, -0.05) is 206 Å². The zero-order chi connectivity index (χ0) is 40.5. The molecule has 0 bridgehead atoms. The van der Waals surface area contributed by atoms with Gasteiger partial charge in [0.25, 0.3) is 0 Å². The van der Waals surface area contributed by atoms with Gasteiger partial charge < -0.3 is 0 Å². The predicted molar refractivity (Wildman–Crippen MR) is 256 cm³/mol. The Bertz CT molecular complexity index is 3320. The Morgan fingerprint density at radius 3 is 1.20 bits per heavy atom. The van der Waals surface area contributed by atoms with Gasteiger partial charge in [-0.3, -0.25) is 0 Å². The van der Waals surface area contributed by atoms with E-state index in [4.69, 9.17) is 15.0 Å². The summed E-state index contributed by atoms with van der Waals surface area (Å²) < 4.78 is 2.44. The highest BCUT2D eigenvalue weighted by atomic mass is 32.1. The predicted octanol–water partition coefficient (Wildman–Crippen LogP) is 15.6. The van der Waals surface area contributed by atoms with Crippen molar-refractivity contribution in [2.24, 2.45) is 0 Å². The summed E-state index contributed by atoms with van der Waals surface area (Å²) >= 11 is 1.82. The van der Waals surface area contributed by atoms with Crippen LogP contribution < -0.4 is 0 Å². The van der Waals surface area contributed by atoms with Crippen molar-refractivity contribution in [2.45, 2.75) is 0 Å². The van der Waals surface area contributed by atoms with E-state index in [1.54, 1.807) is 0 Å². The Kier molecular flexibility index (Phi) is 9.38. The smallest absolute Gasteiger partial charge is 0.164 e. The van der Waals surface area contributed by atoms with Crippen LogP contribution in [0.2, 0.25) is 0 Å². The van der Waals surface area contributed by atoms with E-state index in [-0.39, 0.29) is 0 Å². The molecule has 0 spiro atoms. The number of rotatable bonds is 8. The molecule has 0 aliphatic heterocycles. The summed E-state index contributed by atoms with van der Waals surface area (Å²) in [6, 6.07) is 79.3. The molecule has 0 N–H and O–H groups in total. The first kappa shape index (κ1) is 36.3. The van der Waals surface area contributed by atoms with E-state index in [0.717, 1.165) is 38.8 Å². The van der Waals surface area contributed by atoms with Gasteiger partial charge in [0.05, 0.1) is 0 Å². The van der Waals surface area contributed by atoms with Gasteiger partial charge in [0, 0.05) is 36.9 Å². The monoisotopic (exact) mass is 795 g/mol. The van der Waals surface area contributed by atoms with E-state index >= 15 is 0 Å². The Labute approximate surface area is 359 Å². The van der Waals surface area contributed by atoms with Crippen LogP contribution in [0.5, 0.6) is 0 Å². The minimum absolute atomic E-state index is 0.631. The van der Waals surface area contributed by atoms with Crippen LogP contribution in [0.4, 0.5) is 0 Å². The number of hydrogen-bond donors (Lipinski definition) is 0. The maximum Gasteiger partial charge on any atom is 0.164 e. The molecule has 0 atom stereocenters. The van der Waals surface area contributed by atoms with E-state index in [0.29, 0.717) is 17.5 Å². The Hall–Kier alpha value is -7.79. The van der Waals surface area contributed by atoms with Gasteiger partial charge in [0.1, 0.15) is 0 Å². The lowest BCUT2D eigenvalue weighted by Gasteiger charge is -2.11. The number of aromatic nitrogens is 3. The summed E-state index contributed by atoms with van der Waals surface area (Å²) in [6.45, 7) is 0. The first-order valence-corrected chi connectivity index (χ1v) is 21.3. The van der Waals surface area contributed by atoms with Crippen molar-refractivity contribution in [1.29, 1.82) is 0 Å². The van der Waals surface area contributed by atoms with Crippen molar-refractivity contribution in [3.63, 3.8) is 0 Å². The fourth-order valence-corrected chi connectivity index (χ4v) is 9.54. The van der Waals surface area contributed by atoms with Gasteiger partial charge in [-0.25, -0.2) is 15.0 Å². The molecule has 2 aromatic heterocycles.